The van der Waals surface area contributed by atoms with Crippen LogP contribution in [0.25, 0.3) is 10.8 Å². The lowest BCUT2D eigenvalue weighted by Gasteiger charge is -2.42. The largest absolute Gasteiger partial charge is 0.497 e. The standard InChI is InChI=1S/C21H29NO/c1-21(2)13-4-5-14-22(21)15-7-10-17-8-6-9-18-16-19(23-3)11-12-20(17)18/h6,8-9,11-12,16H,4-5,7,10,13-15H2,1-3H3. The fourth-order valence-corrected chi connectivity index (χ4v) is 3.87. The summed E-state index contributed by atoms with van der Waals surface area (Å²) < 4.78 is 5.34. The summed E-state index contributed by atoms with van der Waals surface area (Å²) in [4.78, 5) is 2.69. The van der Waals surface area contributed by atoms with Crippen LogP contribution in [0.15, 0.2) is 36.4 Å². The van der Waals surface area contributed by atoms with Gasteiger partial charge in [0.05, 0.1) is 7.11 Å². The van der Waals surface area contributed by atoms with Crippen molar-refractivity contribution in [2.24, 2.45) is 0 Å². The number of likely N-dealkylation sites (tertiary alicyclic amines) is 1. The fourth-order valence-electron chi connectivity index (χ4n) is 3.87. The lowest BCUT2D eigenvalue weighted by Crippen LogP contribution is -2.47. The van der Waals surface area contributed by atoms with Crippen LogP contribution in [0.5, 0.6) is 5.75 Å². The fraction of sp³-hybridized carbons (Fsp3) is 0.524. The molecule has 2 heteroatoms. The molecular weight excluding hydrogens is 282 g/mol. The molecule has 1 saturated heterocycles. The number of benzene rings is 2. The summed E-state index contributed by atoms with van der Waals surface area (Å²) in [6.07, 6.45) is 6.46. The minimum Gasteiger partial charge on any atom is -0.497 e. The van der Waals surface area contributed by atoms with E-state index in [1.54, 1.807) is 7.11 Å². The van der Waals surface area contributed by atoms with Gasteiger partial charge in [0, 0.05) is 5.54 Å². The van der Waals surface area contributed by atoms with Gasteiger partial charge in [-0.3, -0.25) is 4.90 Å². The Morgan fingerprint density at radius 3 is 2.78 bits per heavy atom. The Hall–Kier alpha value is -1.54. The first-order chi connectivity index (χ1) is 11.1. The van der Waals surface area contributed by atoms with Crippen LogP contribution in [-0.2, 0) is 6.42 Å². The molecule has 0 atom stereocenters. The molecule has 0 aliphatic carbocycles. The van der Waals surface area contributed by atoms with Crippen molar-refractivity contribution >= 4 is 10.8 Å². The summed E-state index contributed by atoms with van der Waals surface area (Å²) in [5.74, 6) is 0.935. The van der Waals surface area contributed by atoms with Crippen molar-refractivity contribution in [3.8, 4) is 5.75 Å². The Bertz CT molecular complexity index is 662. The third-order valence-electron chi connectivity index (χ3n) is 5.37. The highest BCUT2D eigenvalue weighted by Crippen LogP contribution is 2.28. The van der Waals surface area contributed by atoms with E-state index in [-0.39, 0.29) is 0 Å². The average molecular weight is 311 g/mol. The van der Waals surface area contributed by atoms with Gasteiger partial charge in [0.1, 0.15) is 5.75 Å². The molecular formula is C21H29NO. The van der Waals surface area contributed by atoms with Crippen molar-refractivity contribution in [3.05, 3.63) is 42.0 Å². The second kappa shape index (κ2) is 6.92. The lowest BCUT2D eigenvalue weighted by molar-refractivity contribution is 0.0760. The molecule has 0 amide bonds. The molecule has 3 rings (SSSR count). The molecule has 2 aromatic rings. The van der Waals surface area contributed by atoms with E-state index in [0.29, 0.717) is 5.54 Å². The van der Waals surface area contributed by atoms with Gasteiger partial charge in [-0.1, -0.05) is 30.7 Å². The van der Waals surface area contributed by atoms with Crippen LogP contribution < -0.4 is 4.74 Å². The van der Waals surface area contributed by atoms with Crippen LogP contribution >= 0.6 is 0 Å². The summed E-state index contributed by atoms with van der Waals surface area (Å²) >= 11 is 0. The maximum Gasteiger partial charge on any atom is 0.119 e. The number of nitrogens with zero attached hydrogens (tertiary/aromatic N) is 1. The molecule has 0 N–H and O–H groups in total. The highest BCUT2D eigenvalue weighted by Gasteiger charge is 2.28. The Morgan fingerprint density at radius 1 is 1.13 bits per heavy atom. The topological polar surface area (TPSA) is 12.5 Å². The highest BCUT2D eigenvalue weighted by molar-refractivity contribution is 5.87. The summed E-state index contributed by atoms with van der Waals surface area (Å²) in [6.45, 7) is 7.27. The Labute approximate surface area is 140 Å². The third kappa shape index (κ3) is 3.69. The monoisotopic (exact) mass is 311 g/mol. The zero-order valence-corrected chi connectivity index (χ0v) is 14.8. The third-order valence-corrected chi connectivity index (χ3v) is 5.37. The van der Waals surface area contributed by atoms with E-state index in [1.165, 1.54) is 55.1 Å². The van der Waals surface area contributed by atoms with Crippen molar-refractivity contribution in [2.75, 3.05) is 20.2 Å². The Morgan fingerprint density at radius 2 is 2.00 bits per heavy atom. The van der Waals surface area contributed by atoms with Gasteiger partial charge in [-0.25, -0.2) is 0 Å². The number of aryl methyl sites for hydroxylation is 1. The molecule has 2 nitrogen and oxygen atoms in total. The molecule has 0 aromatic heterocycles. The molecule has 1 aliphatic heterocycles. The smallest absolute Gasteiger partial charge is 0.119 e. The molecule has 0 spiro atoms. The Balaban J connectivity index is 1.67. The van der Waals surface area contributed by atoms with Crippen molar-refractivity contribution in [1.82, 2.24) is 4.90 Å². The van der Waals surface area contributed by atoms with Crippen LogP contribution in [0, 0.1) is 0 Å². The van der Waals surface area contributed by atoms with Gasteiger partial charge in [0.15, 0.2) is 0 Å². The van der Waals surface area contributed by atoms with E-state index >= 15 is 0 Å². The maximum atomic E-state index is 5.34. The first-order valence-corrected chi connectivity index (χ1v) is 8.91. The van der Waals surface area contributed by atoms with E-state index < -0.39 is 0 Å². The van der Waals surface area contributed by atoms with Crippen LogP contribution in [0.3, 0.4) is 0 Å². The highest BCUT2D eigenvalue weighted by atomic mass is 16.5. The first-order valence-electron chi connectivity index (χ1n) is 8.91. The number of methoxy groups -OCH3 is 1. The summed E-state index contributed by atoms with van der Waals surface area (Å²) in [5.41, 5.74) is 1.84. The van der Waals surface area contributed by atoms with Gasteiger partial charge >= 0.3 is 0 Å². The van der Waals surface area contributed by atoms with Gasteiger partial charge in [-0.2, -0.15) is 0 Å². The quantitative estimate of drug-likeness (QED) is 0.766. The summed E-state index contributed by atoms with van der Waals surface area (Å²) in [5, 5.41) is 2.64. The van der Waals surface area contributed by atoms with Crippen molar-refractivity contribution in [3.63, 3.8) is 0 Å². The van der Waals surface area contributed by atoms with Crippen LogP contribution in [-0.4, -0.2) is 30.6 Å². The first kappa shape index (κ1) is 16.3. The zero-order chi connectivity index (χ0) is 16.3. The summed E-state index contributed by atoms with van der Waals surface area (Å²) in [7, 11) is 1.73. The Kier molecular flexibility index (Phi) is 4.91. The van der Waals surface area contributed by atoms with Crippen molar-refractivity contribution in [2.45, 2.75) is 51.5 Å². The van der Waals surface area contributed by atoms with E-state index in [9.17, 15) is 0 Å². The molecule has 1 aliphatic rings. The molecule has 1 heterocycles. The lowest BCUT2D eigenvalue weighted by atomic mass is 9.90. The predicted octanol–water partition coefficient (Wildman–Crippen LogP) is 5.05. The molecule has 23 heavy (non-hydrogen) atoms. The molecule has 1 fully saturated rings. The number of hydrogen-bond donors (Lipinski definition) is 0. The van der Waals surface area contributed by atoms with Crippen LogP contribution in [0.1, 0.15) is 45.1 Å². The zero-order valence-electron chi connectivity index (χ0n) is 14.8. The van der Waals surface area contributed by atoms with Crippen molar-refractivity contribution in [1.29, 1.82) is 0 Å². The van der Waals surface area contributed by atoms with Crippen LogP contribution in [0.2, 0.25) is 0 Å². The van der Waals surface area contributed by atoms with Gasteiger partial charge in [-0.15, -0.1) is 0 Å². The second-order valence-corrected chi connectivity index (χ2v) is 7.36. The maximum absolute atomic E-state index is 5.34. The molecule has 0 saturated carbocycles. The second-order valence-electron chi connectivity index (χ2n) is 7.36. The molecule has 124 valence electrons. The SMILES string of the molecule is COc1ccc2c(CCCN3CCCCC3(C)C)cccc2c1. The number of fused-ring (bicyclic) bond motifs is 1. The minimum atomic E-state index is 0.379. The normalized spacial score (nSPS) is 18.2. The molecule has 0 unspecified atom stereocenters. The molecule has 0 bridgehead atoms. The van der Waals surface area contributed by atoms with Crippen molar-refractivity contribution < 1.29 is 4.74 Å². The van der Waals surface area contributed by atoms with E-state index in [4.69, 9.17) is 4.74 Å². The van der Waals surface area contributed by atoms with E-state index in [1.807, 2.05) is 0 Å². The number of piperidine rings is 1. The minimum absolute atomic E-state index is 0.379. The summed E-state index contributed by atoms with van der Waals surface area (Å²) in [6, 6.07) is 13.0. The molecule has 0 radical (unpaired) electrons. The van der Waals surface area contributed by atoms with Crippen LogP contribution in [0.4, 0.5) is 0 Å². The average Bonchev–Trinajstić information content (AvgIpc) is 2.55. The van der Waals surface area contributed by atoms with Gasteiger partial charge in [0.25, 0.3) is 0 Å². The number of rotatable bonds is 5. The van der Waals surface area contributed by atoms with Gasteiger partial charge in [0.2, 0.25) is 0 Å². The van der Waals surface area contributed by atoms with Gasteiger partial charge in [-0.05, 0) is 81.1 Å². The number of ether oxygens (including phenoxy) is 1. The molecule has 2 aromatic carbocycles. The predicted molar refractivity (Wildman–Crippen MR) is 98.3 cm³/mol. The van der Waals surface area contributed by atoms with E-state index in [0.717, 1.165) is 12.2 Å². The van der Waals surface area contributed by atoms with Gasteiger partial charge < -0.3 is 4.74 Å². The number of hydrogen-bond acceptors (Lipinski definition) is 2. The van der Waals surface area contributed by atoms with E-state index in [2.05, 4.69) is 55.1 Å².